The number of hydrogen-bond donors (Lipinski definition) is 1. The van der Waals surface area contributed by atoms with E-state index in [0.29, 0.717) is 11.8 Å². The predicted molar refractivity (Wildman–Crippen MR) is 84.6 cm³/mol. The molecular weight excluding hydrogens is 264 g/mol. The second kappa shape index (κ2) is 5.44. The Kier molecular flexibility index (Phi) is 3.78. The minimum Gasteiger partial charge on any atom is -0.390 e. The van der Waals surface area contributed by atoms with E-state index in [-0.39, 0.29) is 0 Å². The molecule has 116 valence electrons. The third-order valence-corrected chi connectivity index (χ3v) is 5.31. The van der Waals surface area contributed by atoms with E-state index in [0.717, 1.165) is 44.0 Å². The Morgan fingerprint density at radius 1 is 1.33 bits per heavy atom. The van der Waals surface area contributed by atoms with Crippen molar-refractivity contribution in [3.63, 3.8) is 0 Å². The lowest BCUT2D eigenvalue weighted by Crippen LogP contribution is -2.44. The molecule has 0 radical (unpaired) electrons. The average molecular weight is 290 g/mol. The van der Waals surface area contributed by atoms with Crippen LogP contribution in [0.15, 0.2) is 12.4 Å². The number of nitrogens with zero attached hydrogens (tertiary/aromatic N) is 4. The fourth-order valence-corrected chi connectivity index (χ4v) is 4.10. The molecule has 1 saturated carbocycles. The van der Waals surface area contributed by atoms with E-state index in [1.54, 1.807) is 12.4 Å². The minimum atomic E-state index is -0.488. The van der Waals surface area contributed by atoms with E-state index in [1.807, 2.05) is 19.0 Å². The van der Waals surface area contributed by atoms with Crippen LogP contribution >= 0.6 is 0 Å². The molecule has 3 rings (SSSR count). The van der Waals surface area contributed by atoms with Crippen molar-refractivity contribution >= 4 is 11.6 Å². The highest BCUT2D eigenvalue weighted by molar-refractivity contribution is 5.62. The summed E-state index contributed by atoms with van der Waals surface area (Å²) in [6.07, 6.45) is 7.66. The normalized spacial score (nSPS) is 32.1. The van der Waals surface area contributed by atoms with Crippen LogP contribution in [0.5, 0.6) is 0 Å². The monoisotopic (exact) mass is 290 g/mol. The first-order chi connectivity index (χ1) is 10.0. The highest BCUT2D eigenvalue weighted by Gasteiger charge is 2.48. The molecule has 1 aromatic rings. The summed E-state index contributed by atoms with van der Waals surface area (Å²) in [5.41, 5.74) is -0.488. The van der Waals surface area contributed by atoms with Crippen molar-refractivity contribution in [2.45, 2.75) is 38.2 Å². The van der Waals surface area contributed by atoms with Crippen molar-refractivity contribution in [2.75, 3.05) is 37.0 Å². The summed E-state index contributed by atoms with van der Waals surface area (Å²) >= 11 is 0. The second-order valence-electron chi connectivity index (χ2n) is 6.72. The Labute approximate surface area is 127 Å². The van der Waals surface area contributed by atoms with E-state index >= 15 is 0 Å². The van der Waals surface area contributed by atoms with Crippen LogP contribution < -0.4 is 9.80 Å². The topological polar surface area (TPSA) is 52.5 Å². The summed E-state index contributed by atoms with van der Waals surface area (Å²) in [5, 5.41) is 10.9. The van der Waals surface area contributed by atoms with Gasteiger partial charge in [0.25, 0.3) is 0 Å². The van der Waals surface area contributed by atoms with Crippen LogP contribution in [0.1, 0.15) is 32.6 Å². The van der Waals surface area contributed by atoms with Crippen LogP contribution in [0.3, 0.4) is 0 Å². The van der Waals surface area contributed by atoms with Gasteiger partial charge < -0.3 is 14.9 Å². The largest absolute Gasteiger partial charge is 0.390 e. The van der Waals surface area contributed by atoms with Gasteiger partial charge in [-0.05, 0) is 25.2 Å². The van der Waals surface area contributed by atoms with Crippen LogP contribution in [0.2, 0.25) is 0 Å². The Balaban J connectivity index is 1.87. The van der Waals surface area contributed by atoms with Gasteiger partial charge in [-0.15, -0.1) is 0 Å². The van der Waals surface area contributed by atoms with Gasteiger partial charge in [0, 0.05) is 45.5 Å². The summed E-state index contributed by atoms with van der Waals surface area (Å²) in [7, 11) is 4.00. The highest BCUT2D eigenvalue weighted by Crippen LogP contribution is 2.45. The van der Waals surface area contributed by atoms with Crippen molar-refractivity contribution in [2.24, 2.45) is 11.8 Å². The Morgan fingerprint density at radius 2 is 2.10 bits per heavy atom. The Hall–Kier alpha value is -1.36. The second-order valence-corrected chi connectivity index (χ2v) is 6.72. The molecule has 0 aromatic carbocycles. The molecule has 1 N–H and O–H groups in total. The number of aromatic nitrogens is 2. The first kappa shape index (κ1) is 14.6. The standard InChI is InChI=1S/C16H26N4O/c1-4-16(21)7-5-6-12-10-20(11-13(12)16)15-14(19(2)3)17-8-9-18-15/h8-9,12-13,21H,4-7,10-11H2,1-3H3/t12-,13+,16-/m1/s1. The van der Waals surface area contributed by atoms with Gasteiger partial charge in [0.2, 0.25) is 0 Å². The average Bonchev–Trinajstić information content (AvgIpc) is 2.93. The lowest BCUT2D eigenvalue weighted by molar-refractivity contribution is -0.0597. The van der Waals surface area contributed by atoms with E-state index in [1.165, 1.54) is 6.42 Å². The zero-order chi connectivity index (χ0) is 15.0. The molecule has 0 unspecified atom stereocenters. The molecular formula is C16H26N4O. The van der Waals surface area contributed by atoms with Gasteiger partial charge >= 0.3 is 0 Å². The first-order valence-corrected chi connectivity index (χ1v) is 8.01. The fraction of sp³-hybridized carbons (Fsp3) is 0.750. The van der Waals surface area contributed by atoms with E-state index in [9.17, 15) is 5.11 Å². The van der Waals surface area contributed by atoms with Gasteiger partial charge in [0.05, 0.1) is 5.60 Å². The van der Waals surface area contributed by atoms with E-state index < -0.39 is 5.60 Å². The fourth-order valence-electron chi connectivity index (χ4n) is 4.10. The smallest absolute Gasteiger partial charge is 0.171 e. The number of anilines is 2. The molecule has 3 atom stereocenters. The van der Waals surface area contributed by atoms with Gasteiger partial charge in [-0.25, -0.2) is 9.97 Å². The summed E-state index contributed by atoms with van der Waals surface area (Å²) < 4.78 is 0. The lowest BCUT2D eigenvalue weighted by atomic mass is 9.69. The zero-order valence-electron chi connectivity index (χ0n) is 13.3. The summed E-state index contributed by atoms with van der Waals surface area (Å²) in [6, 6.07) is 0. The van der Waals surface area contributed by atoms with Crippen molar-refractivity contribution in [1.82, 2.24) is 9.97 Å². The quantitative estimate of drug-likeness (QED) is 0.921. The van der Waals surface area contributed by atoms with E-state index in [2.05, 4.69) is 21.8 Å². The molecule has 0 bridgehead atoms. The third-order valence-electron chi connectivity index (χ3n) is 5.31. The number of rotatable bonds is 3. The lowest BCUT2D eigenvalue weighted by Gasteiger charge is -2.40. The predicted octanol–water partition coefficient (Wildman–Crippen LogP) is 1.92. The molecule has 1 aromatic heterocycles. The SMILES string of the molecule is CC[C@@]1(O)CCC[C@@H]2CN(c3nccnc3N(C)C)C[C@@H]21. The van der Waals surface area contributed by atoms with Crippen LogP contribution in [0.25, 0.3) is 0 Å². The molecule has 1 saturated heterocycles. The van der Waals surface area contributed by atoms with E-state index in [4.69, 9.17) is 0 Å². The Morgan fingerprint density at radius 3 is 2.81 bits per heavy atom. The summed E-state index contributed by atoms with van der Waals surface area (Å²) in [4.78, 5) is 13.3. The minimum absolute atomic E-state index is 0.369. The third kappa shape index (κ3) is 2.48. The zero-order valence-corrected chi connectivity index (χ0v) is 13.3. The molecule has 2 fully saturated rings. The van der Waals surface area contributed by atoms with Gasteiger partial charge in [-0.2, -0.15) is 0 Å². The molecule has 0 spiro atoms. The molecule has 5 nitrogen and oxygen atoms in total. The van der Waals surface area contributed by atoms with Gasteiger partial charge in [0.1, 0.15) is 0 Å². The maximum Gasteiger partial charge on any atom is 0.171 e. The maximum atomic E-state index is 10.9. The van der Waals surface area contributed by atoms with Crippen molar-refractivity contribution in [3.05, 3.63) is 12.4 Å². The summed E-state index contributed by atoms with van der Waals surface area (Å²) in [6.45, 7) is 4.00. The van der Waals surface area contributed by atoms with Crippen LogP contribution in [0.4, 0.5) is 11.6 Å². The van der Waals surface area contributed by atoms with Gasteiger partial charge in [0.15, 0.2) is 11.6 Å². The Bertz CT molecular complexity index is 507. The number of hydrogen-bond acceptors (Lipinski definition) is 5. The van der Waals surface area contributed by atoms with Crippen molar-refractivity contribution in [1.29, 1.82) is 0 Å². The van der Waals surface area contributed by atoms with Crippen molar-refractivity contribution in [3.8, 4) is 0 Å². The van der Waals surface area contributed by atoms with Gasteiger partial charge in [-0.1, -0.05) is 13.3 Å². The summed E-state index contributed by atoms with van der Waals surface area (Å²) in [5.74, 6) is 2.82. The van der Waals surface area contributed by atoms with Crippen LogP contribution in [-0.4, -0.2) is 47.9 Å². The molecule has 1 aliphatic carbocycles. The molecule has 21 heavy (non-hydrogen) atoms. The molecule has 0 amide bonds. The van der Waals surface area contributed by atoms with Crippen LogP contribution in [0, 0.1) is 11.8 Å². The highest BCUT2D eigenvalue weighted by atomic mass is 16.3. The molecule has 2 heterocycles. The van der Waals surface area contributed by atoms with Crippen LogP contribution in [-0.2, 0) is 0 Å². The molecule has 5 heteroatoms. The van der Waals surface area contributed by atoms with Gasteiger partial charge in [-0.3, -0.25) is 0 Å². The molecule has 2 aliphatic rings. The molecule has 1 aliphatic heterocycles. The number of aliphatic hydroxyl groups is 1. The van der Waals surface area contributed by atoms with Crippen molar-refractivity contribution < 1.29 is 5.11 Å². The maximum absolute atomic E-state index is 10.9. The first-order valence-electron chi connectivity index (χ1n) is 8.01. The number of fused-ring (bicyclic) bond motifs is 1.